The van der Waals surface area contributed by atoms with Crippen molar-refractivity contribution in [3.8, 4) is 0 Å². The molecule has 0 saturated carbocycles. The Balaban J connectivity index is -0.000000112. The first kappa shape index (κ1) is 17.1. The smallest absolute Gasteiger partial charge is 0.109 e. The van der Waals surface area contributed by atoms with E-state index in [2.05, 4.69) is 13.2 Å². The predicted molar refractivity (Wildman–Crippen MR) is 54.1 cm³/mol. The number of hydrogen-bond acceptors (Lipinski definition) is 4. The molecule has 0 aliphatic rings. The van der Waals surface area contributed by atoms with E-state index >= 15 is 0 Å². The van der Waals surface area contributed by atoms with E-state index in [4.69, 9.17) is 21.9 Å². The number of ether oxygens (including phenoxy) is 1. The maximum atomic E-state index is 4.83. The van der Waals surface area contributed by atoms with Gasteiger partial charge in [-0.05, 0) is 13.8 Å². The summed E-state index contributed by atoms with van der Waals surface area (Å²) in [7, 11) is 0. The van der Waals surface area contributed by atoms with Gasteiger partial charge in [0.25, 0.3) is 0 Å². The Morgan fingerprint density at radius 1 is 1.25 bits per heavy atom. The van der Waals surface area contributed by atoms with Crippen molar-refractivity contribution in [2.24, 2.45) is 17.2 Å². The van der Waals surface area contributed by atoms with Crippen LogP contribution in [0.4, 0.5) is 0 Å². The summed E-state index contributed by atoms with van der Waals surface area (Å²) in [6, 6.07) is 0. The third-order valence-corrected chi connectivity index (χ3v) is 0.601. The van der Waals surface area contributed by atoms with Gasteiger partial charge in [0.15, 0.2) is 0 Å². The molecule has 0 amide bonds. The van der Waals surface area contributed by atoms with Gasteiger partial charge in [0.1, 0.15) is 5.82 Å². The normalized spacial score (nSPS) is 6.50. The second-order valence-electron chi connectivity index (χ2n) is 1.45. The lowest BCUT2D eigenvalue weighted by Gasteiger charge is -1.86. The number of nitrogens with two attached hydrogens (primary N) is 3. The van der Waals surface area contributed by atoms with E-state index in [1.54, 1.807) is 0 Å². The van der Waals surface area contributed by atoms with Crippen LogP contribution in [0.15, 0.2) is 25.2 Å². The zero-order valence-electron chi connectivity index (χ0n) is 8.05. The molecule has 0 aromatic carbocycles. The van der Waals surface area contributed by atoms with E-state index in [0.29, 0.717) is 0 Å². The highest BCUT2D eigenvalue weighted by Gasteiger charge is 1.64. The van der Waals surface area contributed by atoms with Crippen LogP contribution in [0.5, 0.6) is 0 Å². The second-order valence-corrected chi connectivity index (χ2v) is 1.45. The van der Waals surface area contributed by atoms with Gasteiger partial charge in [-0.15, -0.1) is 13.2 Å². The van der Waals surface area contributed by atoms with Crippen molar-refractivity contribution in [2.75, 3.05) is 13.2 Å². The molecule has 0 aromatic rings. The minimum Gasteiger partial charge on any atom is -0.402 e. The fourth-order valence-corrected chi connectivity index (χ4v) is 0.204. The van der Waals surface area contributed by atoms with Crippen LogP contribution in [0, 0.1) is 0 Å². The van der Waals surface area contributed by atoms with Crippen molar-refractivity contribution in [3.63, 3.8) is 0 Å². The lowest BCUT2D eigenvalue weighted by molar-refractivity contribution is 0.162. The van der Waals surface area contributed by atoms with E-state index in [1.165, 1.54) is 0 Å². The summed E-state index contributed by atoms with van der Waals surface area (Å²) in [5.41, 5.74) is 14.4. The van der Waals surface area contributed by atoms with Crippen LogP contribution in [-0.2, 0) is 4.74 Å². The van der Waals surface area contributed by atoms with Gasteiger partial charge in [-0.2, -0.15) is 0 Å². The van der Waals surface area contributed by atoms with E-state index in [0.717, 1.165) is 19.4 Å². The van der Waals surface area contributed by atoms with Gasteiger partial charge in [-0.1, -0.05) is 0 Å². The fourth-order valence-electron chi connectivity index (χ4n) is 0.204. The first-order valence-corrected chi connectivity index (χ1v) is 3.69. The lowest BCUT2D eigenvalue weighted by Crippen LogP contribution is -2.09. The molecular formula is C8H21N3O. The van der Waals surface area contributed by atoms with E-state index < -0.39 is 0 Å². The molecule has 0 saturated heterocycles. The molecule has 0 aliphatic carbocycles. The Kier molecular flexibility index (Phi) is 32.1. The lowest BCUT2D eigenvalue weighted by atomic mass is 10.8. The van der Waals surface area contributed by atoms with Crippen molar-refractivity contribution >= 4 is 0 Å². The standard InChI is InChI=1S/C4H10O.C2H7N3.C2H4/c1-3-5-4-2;3-1-2(4)5;1-2/h3-4H2,1-2H3;1H,3-5H2;1-2H2. The zero-order chi connectivity index (χ0) is 10.4. The summed E-state index contributed by atoms with van der Waals surface area (Å²) in [5, 5.41) is 0. The zero-order valence-corrected chi connectivity index (χ0v) is 8.05. The van der Waals surface area contributed by atoms with Crippen molar-refractivity contribution < 1.29 is 4.74 Å². The van der Waals surface area contributed by atoms with Gasteiger partial charge in [-0.3, -0.25) is 0 Å². The highest BCUT2D eigenvalue weighted by molar-refractivity contribution is 4.83. The second kappa shape index (κ2) is 22.5. The average molecular weight is 175 g/mol. The average Bonchev–Trinajstić information content (AvgIpc) is 2.10. The molecule has 0 radical (unpaired) electrons. The van der Waals surface area contributed by atoms with Crippen LogP contribution >= 0.6 is 0 Å². The summed E-state index contributed by atoms with van der Waals surface area (Å²) in [6.07, 6.45) is 1.14. The van der Waals surface area contributed by atoms with Gasteiger partial charge in [-0.25, -0.2) is 0 Å². The van der Waals surface area contributed by atoms with Crippen molar-refractivity contribution in [2.45, 2.75) is 13.8 Å². The Hall–Kier alpha value is -1.16. The molecule has 12 heavy (non-hydrogen) atoms. The molecular weight excluding hydrogens is 154 g/mol. The van der Waals surface area contributed by atoms with Crippen LogP contribution in [0.1, 0.15) is 13.8 Å². The third-order valence-electron chi connectivity index (χ3n) is 0.601. The van der Waals surface area contributed by atoms with E-state index in [-0.39, 0.29) is 5.82 Å². The van der Waals surface area contributed by atoms with Gasteiger partial charge in [0.05, 0.1) is 0 Å². The summed E-state index contributed by atoms with van der Waals surface area (Å²) in [4.78, 5) is 0. The summed E-state index contributed by atoms with van der Waals surface area (Å²) in [6.45, 7) is 11.7. The topological polar surface area (TPSA) is 87.3 Å². The molecule has 4 heteroatoms. The van der Waals surface area contributed by atoms with Crippen molar-refractivity contribution in [3.05, 3.63) is 25.2 Å². The van der Waals surface area contributed by atoms with Crippen LogP contribution in [-0.4, -0.2) is 13.2 Å². The summed E-state index contributed by atoms with van der Waals surface area (Å²) >= 11 is 0. The Morgan fingerprint density at radius 2 is 1.50 bits per heavy atom. The van der Waals surface area contributed by atoms with Gasteiger partial charge in [0, 0.05) is 19.4 Å². The van der Waals surface area contributed by atoms with Crippen LogP contribution in [0.2, 0.25) is 0 Å². The highest BCUT2D eigenvalue weighted by atomic mass is 16.5. The van der Waals surface area contributed by atoms with E-state index in [1.807, 2.05) is 13.8 Å². The molecule has 0 aromatic heterocycles. The molecule has 0 rings (SSSR count). The molecule has 0 heterocycles. The van der Waals surface area contributed by atoms with Crippen molar-refractivity contribution in [1.29, 1.82) is 0 Å². The van der Waals surface area contributed by atoms with Crippen LogP contribution in [0.3, 0.4) is 0 Å². The van der Waals surface area contributed by atoms with Crippen LogP contribution < -0.4 is 17.2 Å². The molecule has 0 bridgehead atoms. The third kappa shape index (κ3) is 67.4. The number of hydrogen-bond donors (Lipinski definition) is 3. The quantitative estimate of drug-likeness (QED) is 0.533. The highest BCUT2D eigenvalue weighted by Crippen LogP contribution is 1.64. The molecule has 0 spiro atoms. The first-order chi connectivity index (χ1) is 5.68. The minimum absolute atomic E-state index is 0.157. The molecule has 6 N–H and O–H groups in total. The monoisotopic (exact) mass is 175 g/mol. The number of rotatable bonds is 2. The van der Waals surface area contributed by atoms with Crippen LogP contribution in [0.25, 0.3) is 0 Å². The summed E-state index contributed by atoms with van der Waals surface area (Å²) in [5.74, 6) is 0.157. The fraction of sp³-hybridized carbons (Fsp3) is 0.500. The molecule has 74 valence electrons. The van der Waals surface area contributed by atoms with Gasteiger partial charge in [0.2, 0.25) is 0 Å². The maximum absolute atomic E-state index is 4.83. The Bertz CT molecular complexity index is 88.3. The molecule has 0 aliphatic heterocycles. The summed E-state index contributed by atoms with van der Waals surface area (Å²) < 4.78 is 4.83. The van der Waals surface area contributed by atoms with Gasteiger partial charge >= 0.3 is 0 Å². The largest absolute Gasteiger partial charge is 0.402 e. The SMILES string of the molecule is C=C.CCOCC.NC=C(N)N. The maximum Gasteiger partial charge on any atom is 0.109 e. The minimum atomic E-state index is 0.157. The van der Waals surface area contributed by atoms with Crippen molar-refractivity contribution in [1.82, 2.24) is 0 Å². The predicted octanol–water partition coefficient (Wildman–Crippen LogP) is 0.506. The molecule has 4 nitrogen and oxygen atoms in total. The Labute approximate surface area is 75.1 Å². The molecule has 0 fully saturated rings. The molecule has 0 unspecified atom stereocenters. The molecule has 0 atom stereocenters. The van der Waals surface area contributed by atoms with E-state index in [9.17, 15) is 0 Å². The Morgan fingerprint density at radius 3 is 1.50 bits per heavy atom. The first-order valence-electron chi connectivity index (χ1n) is 3.69. The van der Waals surface area contributed by atoms with Gasteiger partial charge < -0.3 is 21.9 Å².